The van der Waals surface area contributed by atoms with Gasteiger partial charge >= 0.3 is 0 Å². The lowest BCUT2D eigenvalue weighted by Gasteiger charge is -2.14. The van der Waals surface area contributed by atoms with Gasteiger partial charge in [-0.1, -0.05) is 6.07 Å². The molecule has 146 valence electrons. The molecule has 0 saturated carbocycles. The molecule has 0 aliphatic carbocycles. The van der Waals surface area contributed by atoms with Gasteiger partial charge in [0.1, 0.15) is 6.61 Å². The number of carbonyl (C=O) groups excluding carboxylic acids is 1. The third-order valence-electron chi connectivity index (χ3n) is 3.34. The number of rotatable bonds is 10. The van der Waals surface area contributed by atoms with Crippen LogP contribution in [-0.2, 0) is 11.3 Å². The minimum absolute atomic E-state index is 0. The average Bonchev–Trinajstić information content (AvgIpc) is 2.51. The Morgan fingerprint density at radius 1 is 1.28 bits per heavy atom. The Hall–Kier alpha value is -1.21. The Bertz CT molecular complexity index is 500. The van der Waals surface area contributed by atoms with Crippen LogP contribution in [0.5, 0.6) is 11.5 Å². The summed E-state index contributed by atoms with van der Waals surface area (Å²) in [6.45, 7) is 3.79. The van der Waals surface area contributed by atoms with Crippen LogP contribution in [0.25, 0.3) is 0 Å². The van der Waals surface area contributed by atoms with Crippen molar-refractivity contribution in [3.05, 3.63) is 23.8 Å². The van der Waals surface area contributed by atoms with E-state index in [2.05, 4.69) is 10.2 Å². The minimum Gasteiger partial charge on any atom is -0.493 e. The summed E-state index contributed by atoms with van der Waals surface area (Å²) >= 11 is 0. The van der Waals surface area contributed by atoms with E-state index < -0.39 is 0 Å². The van der Waals surface area contributed by atoms with Crippen molar-refractivity contribution in [2.75, 3.05) is 34.4 Å². The van der Waals surface area contributed by atoms with Gasteiger partial charge in [0.25, 0.3) is 0 Å². The highest BCUT2D eigenvalue weighted by atomic mass is 35.5. The van der Waals surface area contributed by atoms with Crippen LogP contribution in [-0.4, -0.2) is 51.2 Å². The lowest BCUT2D eigenvalue weighted by molar-refractivity contribution is -0.121. The van der Waals surface area contributed by atoms with Crippen molar-refractivity contribution in [3.63, 3.8) is 0 Å². The number of hydrogen-bond donors (Lipinski definition) is 2. The summed E-state index contributed by atoms with van der Waals surface area (Å²) in [5.74, 6) is 1.39. The largest absolute Gasteiger partial charge is 0.493 e. The first-order chi connectivity index (χ1) is 10.9. The fourth-order valence-corrected chi connectivity index (χ4v) is 1.93. The topological polar surface area (TPSA) is 76.8 Å². The van der Waals surface area contributed by atoms with Gasteiger partial charge in [-0.3, -0.25) is 4.79 Å². The van der Waals surface area contributed by atoms with E-state index in [1.54, 1.807) is 7.11 Å². The lowest BCUT2D eigenvalue weighted by Crippen LogP contribution is -2.25. The molecule has 0 heterocycles. The molecule has 0 radical (unpaired) electrons. The van der Waals surface area contributed by atoms with E-state index in [1.165, 1.54) is 0 Å². The molecule has 0 saturated heterocycles. The average molecular weight is 396 g/mol. The van der Waals surface area contributed by atoms with Crippen molar-refractivity contribution in [2.45, 2.75) is 32.4 Å². The fourth-order valence-electron chi connectivity index (χ4n) is 1.93. The molecule has 1 amide bonds. The monoisotopic (exact) mass is 395 g/mol. The number of halogens is 2. The molecule has 0 fully saturated rings. The van der Waals surface area contributed by atoms with E-state index in [0.717, 1.165) is 12.1 Å². The molecular formula is C17H31Cl2N3O3. The zero-order valence-electron chi connectivity index (χ0n) is 15.4. The Balaban J connectivity index is 0. The van der Waals surface area contributed by atoms with E-state index in [-0.39, 0.29) is 36.8 Å². The van der Waals surface area contributed by atoms with E-state index in [0.29, 0.717) is 37.5 Å². The molecule has 1 rings (SSSR count). The summed E-state index contributed by atoms with van der Waals surface area (Å²) < 4.78 is 11.1. The van der Waals surface area contributed by atoms with Crippen LogP contribution in [0, 0.1) is 0 Å². The van der Waals surface area contributed by atoms with Crippen LogP contribution in [0.3, 0.4) is 0 Å². The number of benzene rings is 1. The second-order valence-corrected chi connectivity index (χ2v) is 5.93. The van der Waals surface area contributed by atoms with E-state index >= 15 is 0 Å². The first kappa shape index (κ1) is 26.0. The zero-order valence-corrected chi connectivity index (χ0v) is 17.0. The number of methoxy groups -OCH3 is 1. The summed E-state index contributed by atoms with van der Waals surface area (Å²) in [5, 5.41) is 2.89. The summed E-state index contributed by atoms with van der Waals surface area (Å²) in [6, 6.07) is 5.73. The number of carbonyl (C=O) groups is 1. The van der Waals surface area contributed by atoms with Gasteiger partial charge in [-0.25, -0.2) is 0 Å². The number of ether oxygens (including phenoxy) is 2. The normalized spacial score (nSPS) is 11.1. The van der Waals surface area contributed by atoms with E-state index in [4.69, 9.17) is 15.2 Å². The Kier molecular flexibility index (Phi) is 14.6. The molecular weight excluding hydrogens is 365 g/mol. The Morgan fingerprint density at radius 2 is 1.96 bits per heavy atom. The highest BCUT2D eigenvalue weighted by molar-refractivity contribution is 5.85. The number of nitrogens with zero attached hydrogens (tertiary/aromatic N) is 1. The van der Waals surface area contributed by atoms with Gasteiger partial charge in [-0.15, -0.1) is 24.8 Å². The van der Waals surface area contributed by atoms with Gasteiger partial charge in [-0.2, -0.15) is 0 Å². The van der Waals surface area contributed by atoms with Crippen LogP contribution < -0.4 is 20.5 Å². The molecule has 0 spiro atoms. The van der Waals surface area contributed by atoms with Crippen molar-refractivity contribution >= 4 is 30.7 Å². The standard InChI is InChI=1S/C17H29N3O3.2ClH/c1-13(18)5-8-17(21)19-12-14-6-7-15(16(11-14)22-4)23-10-9-20(2)3;;/h6-7,11,13H,5,8-10,12,18H2,1-4H3,(H,19,21);2*1H. The van der Waals surface area contributed by atoms with Crippen LogP contribution in [0.1, 0.15) is 25.3 Å². The maximum Gasteiger partial charge on any atom is 0.220 e. The van der Waals surface area contributed by atoms with Gasteiger partial charge in [0, 0.05) is 25.6 Å². The molecule has 1 aromatic rings. The van der Waals surface area contributed by atoms with Crippen molar-refractivity contribution in [1.29, 1.82) is 0 Å². The SMILES string of the molecule is COc1cc(CNC(=O)CCC(C)N)ccc1OCCN(C)C.Cl.Cl. The summed E-state index contributed by atoms with van der Waals surface area (Å²) in [4.78, 5) is 13.8. The maximum absolute atomic E-state index is 11.7. The molecule has 1 aromatic carbocycles. The molecule has 0 aliphatic rings. The van der Waals surface area contributed by atoms with Gasteiger partial charge in [0.05, 0.1) is 7.11 Å². The zero-order chi connectivity index (χ0) is 17.2. The third kappa shape index (κ3) is 11.1. The second-order valence-electron chi connectivity index (χ2n) is 5.93. The van der Waals surface area contributed by atoms with E-state index in [9.17, 15) is 4.79 Å². The molecule has 25 heavy (non-hydrogen) atoms. The lowest BCUT2D eigenvalue weighted by atomic mass is 10.1. The van der Waals surface area contributed by atoms with Gasteiger partial charge in [0.2, 0.25) is 5.91 Å². The maximum atomic E-state index is 11.7. The third-order valence-corrected chi connectivity index (χ3v) is 3.34. The molecule has 8 heteroatoms. The smallest absolute Gasteiger partial charge is 0.220 e. The minimum atomic E-state index is 0. The molecule has 0 aromatic heterocycles. The second kappa shape index (κ2) is 14.0. The molecule has 0 aliphatic heterocycles. The van der Waals surface area contributed by atoms with Gasteiger partial charge < -0.3 is 25.4 Å². The molecule has 1 unspecified atom stereocenters. The first-order valence-electron chi connectivity index (χ1n) is 7.89. The molecule has 6 nitrogen and oxygen atoms in total. The number of nitrogens with one attached hydrogen (secondary N) is 1. The predicted molar refractivity (Wildman–Crippen MR) is 106 cm³/mol. The molecule has 0 bridgehead atoms. The van der Waals surface area contributed by atoms with Crippen molar-refractivity contribution in [3.8, 4) is 11.5 Å². The quantitative estimate of drug-likeness (QED) is 0.634. The number of nitrogens with two attached hydrogens (primary N) is 1. The number of likely N-dealkylation sites (N-methyl/N-ethyl adjacent to an activating group) is 1. The van der Waals surface area contributed by atoms with Crippen LogP contribution in [0.4, 0.5) is 0 Å². The fraction of sp³-hybridized carbons (Fsp3) is 0.588. The predicted octanol–water partition coefficient (Wildman–Crippen LogP) is 2.22. The highest BCUT2D eigenvalue weighted by Gasteiger charge is 2.08. The summed E-state index contributed by atoms with van der Waals surface area (Å²) in [5.41, 5.74) is 6.62. The molecule has 1 atom stereocenters. The van der Waals surface area contributed by atoms with Crippen LogP contribution in [0.2, 0.25) is 0 Å². The highest BCUT2D eigenvalue weighted by Crippen LogP contribution is 2.28. The van der Waals surface area contributed by atoms with Crippen LogP contribution >= 0.6 is 24.8 Å². The van der Waals surface area contributed by atoms with E-state index in [1.807, 2.05) is 39.2 Å². The number of amides is 1. The first-order valence-corrected chi connectivity index (χ1v) is 7.89. The summed E-state index contributed by atoms with van der Waals surface area (Å²) in [6.07, 6.45) is 1.13. The molecule has 3 N–H and O–H groups in total. The summed E-state index contributed by atoms with van der Waals surface area (Å²) in [7, 11) is 5.61. The Labute approximate surface area is 163 Å². The van der Waals surface area contributed by atoms with Crippen molar-refractivity contribution in [1.82, 2.24) is 10.2 Å². The van der Waals surface area contributed by atoms with Crippen LogP contribution in [0.15, 0.2) is 18.2 Å². The Morgan fingerprint density at radius 3 is 2.52 bits per heavy atom. The number of hydrogen-bond acceptors (Lipinski definition) is 5. The van der Waals surface area contributed by atoms with Gasteiger partial charge in [0.15, 0.2) is 11.5 Å². The van der Waals surface area contributed by atoms with Crippen molar-refractivity contribution < 1.29 is 14.3 Å². The van der Waals surface area contributed by atoms with Crippen molar-refractivity contribution in [2.24, 2.45) is 5.73 Å². The van der Waals surface area contributed by atoms with Gasteiger partial charge in [-0.05, 0) is 45.1 Å².